The van der Waals surface area contributed by atoms with E-state index in [9.17, 15) is 9.90 Å². The predicted octanol–water partition coefficient (Wildman–Crippen LogP) is 1.94. The molecule has 0 radical (unpaired) electrons. The summed E-state index contributed by atoms with van der Waals surface area (Å²) in [4.78, 5) is 12.3. The van der Waals surface area contributed by atoms with E-state index in [2.05, 4.69) is 10.5 Å². The lowest BCUT2D eigenvalue weighted by Gasteiger charge is -2.16. The number of carbonyl (C=O) groups is 1. The summed E-state index contributed by atoms with van der Waals surface area (Å²) in [6.07, 6.45) is 2.17. The molecule has 0 spiro atoms. The zero-order valence-electron chi connectivity index (χ0n) is 11.5. The fourth-order valence-corrected chi connectivity index (χ4v) is 2.92. The minimum Gasteiger partial charge on any atom is -0.390 e. The number of fused-ring (bicyclic) bond motifs is 1. The molecule has 0 aliphatic heterocycles. The highest BCUT2D eigenvalue weighted by Crippen LogP contribution is 2.40. The third-order valence-corrected chi connectivity index (χ3v) is 4.23. The molecule has 21 heavy (non-hydrogen) atoms. The van der Waals surface area contributed by atoms with Crippen LogP contribution in [0.5, 0.6) is 0 Å². The second-order valence-electron chi connectivity index (χ2n) is 5.81. The van der Waals surface area contributed by atoms with Crippen LogP contribution in [0.15, 0.2) is 34.9 Å². The van der Waals surface area contributed by atoms with Crippen molar-refractivity contribution in [1.29, 1.82) is 0 Å². The van der Waals surface area contributed by atoms with Gasteiger partial charge in [-0.3, -0.25) is 4.79 Å². The average molecular weight is 284 g/mol. The van der Waals surface area contributed by atoms with Gasteiger partial charge in [-0.05, 0) is 24.0 Å². The molecule has 0 saturated heterocycles. The van der Waals surface area contributed by atoms with Crippen LogP contribution in [-0.4, -0.2) is 22.3 Å². The lowest BCUT2D eigenvalue weighted by atomic mass is 10.1. The highest BCUT2D eigenvalue weighted by atomic mass is 16.5. The maximum Gasteiger partial charge on any atom is 0.274 e. The first-order chi connectivity index (χ1) is 10.2. The Hall–Kier alpha value is -2.14. The van der Waals surface area contributed by atoms with Gasteiger partial charge >= 0.3 is 0 Å². The van der Waals surface area contributed by atoms with Crippen molar-refractivity contribution in [1.82, 2.24) is 10.5 Å². The van der Waals surface area contributed by atoms with Crippen molar-refractivity contribution < 1.29 is 14.4 Å². The van der Waals surface area contributed by atoms with E-state index < -0.39 is 6.10 Å². The van der Waals surface area contributed by atoms with Gasteiger partial charge in [0, 0.05) is 18.4 Å². The summed E-state index contributed by atoms with van der Waals surface area (Å²) in [5.74, 6) is 0.913. The zero-order valence-corrected chi connectivity index (χ0v) is 11.5. The zero-order chi connectivity index (χ0) is 14.4. The molecule has 2 aliphatic rings. The van der Waals surface area contributed by atoms with Gasteiger partial charge in [0.05, 0.1) is 12.1 Å². The number of hydrogen-bond donors (Lipinski definition) is 2. The second-order valence-corrected chi connectivity index (χ2v) is 5.81. The minimum atomic E-state index is -0.596. The number of nitrogens with one attached hydrogen (secondary N) is 1. The molecule has 4 rings (SSSR count). The number of amides is 1. The highest BCUT2D eigenvalue weighted by Gasteiger charge is 2.33. The van der Waals surface area contributed by atoms with Crippen LogP contribution in [0.25, 0.3) is 0 Å². The summed E-state index contributed by atoms with van der Waals surface area (Å²) in [6, 6.07) is 9.10. The Morgan fingerprint density at radius 1 is 1.33 bits per heavy atom. The number of aliphatic hydroxyl groups is 1. The Kier molecular flexibility index (Phi) is 2.82. The largest absolute Gasteiger partial charge is 0.390 e. The maximum absolute atomic E-state index is 12.3. The van der Waals surface area contributed by atoms with Crippen molar-refractivity contribution in [2.24, 2.45) is 0 Å². The Bertz CT molecular complexity index is 690. The van der Waals surface area contributed by atoms with Gasteiger partial charge in [0.25, 0.3) is 5.91 Å². The lowest BCUT2D eigenvalue weighted by molar-refractivity contribution is 0.0849. The van der Waals surface area contributed by atoms with Gasteiger partial charge in [-0.25, -0.2) is 0 Å². The number of aromatic nitrogens is 1. The lowest BCUT2D eigenvalue weighted by Crippen LogP contribution is -2.34. The van der Waals surface area contributed by atoms with E-state index in [0.717, 1.165) is 29.7 Å². The van der Waals surface area contributed by atoms with E-state index >= 15 is 0 Å². The van der Waals surface area contributed by atoms with Crippen molar-refractivity contribution >= 4 is 5.91 Å². The first-order valence-corrected chi connectivity index (χ1v) is 7.25. The molecule has 108 valence electrons. The second kappa shape index (κ2) is 4.70. The molecule has 2 aromatic rings. The van der Waals surface area contributed by atoms with Crippen LogP contribution in [0.1, 0.15) is 52.2 Å². The smallest absolute Gasteiger partial charge is 0.274 e. The van der Waals surface area contributed by atoms with E-state index in [0.29, 0.717) is 12.3 Å². The van der Waals surface area contributed by atoms with Crippen LogP contribution >= 0.6 is 0 Å². The van der Waals surface area contributed by atoms with E-state index in [1.54, 1.807) is 6.07 Å². The van der Waals surface area contributed by atoms with Gasteiger partial charge < -0.3 is 14.9 Å². The number of nitrogens with zero attached hydrogens (tertiary/aromatic N) is 1. The molecule has 2 atom stereocenters. The summed E-state index contributed by atoms with van der Waals surface area (Å²) in [7, 11) is 0. The molecule has 1 saturated carbocycles. The molecule has 5 heteroatoms. The molecule has 2 N–H and O–H groups in total. The molecule has 5 nitrogen and oxygen atoms in total. The van der Waals surface area contributed by atoms with Crippen LogP contribution < -0.4 is 5.32 Å². The van der Waals surface area contributed by atoms with Gasteiger partial charge in [-0.2, -0.15) is 0 Å². The molecule has 2 aliphatic carbocycles. The molecule has 0 bridgehead atoms. The Labute approximate surface area is 122 Å². The molecule has 1 aromatic carbocycles. The SMILES string of the molecule is O=C(N[C@H]1c2ccccc2C[C@H]1O)c1cc(C2CC2)on1. The molecule has 1 amide bonds. The first kappa shape index (κ1) is 12.6. The quantitative estimate of drug-likeness (QED) is 0.903. The van der Waals surface area contributed by atoms with E-state index in [-0.39, 0.29) is 17.6 Å². The first-order valence-electron chi connectivity index (χ1n) is 7.25. The molecular weight excluding hydrogens is 268 g/mol. The van der Waals surface area contributed by atoms with Crippen molar-refractivity contribution in [2.45, 2.75) is 37.3 Å². The Balaban J connectivity index is 1.53. The summed E-state index contributed by atoms with van der Waals surface area (Å²) in [6.45, 7) is 0. The molecule has 1 aromatic heterocycles. The van der Waals surface area contributed by atoms with Gasteiger partial charge in [0.15, 0.2) is 5.69 Å². The van der Waals surface area contributed by atoms with Gasteiger partial charge in [-0.1, -0.05) is 29.4 Å². The molecule has 0 unspecified atom stereocenters. The maximum atomic E-state index is 12.3. The van der Waals surface area contributed by atoms with Crippen molar-refractivity contribution in [3.8, 4) is 0 Å². The number of aliphatic hydroxyl groups excluding tert-OH is 1. The van der Waals surface area contributed by atoms with Crippen LogP contribution in [0.4, 0.5) is 0 Å². The van der Waals surface area contributed by atoms with Crippen molar-refractivity contribution in [3.05, 3.63) is 52.9 Å². The third kappa shape index (κ3) is 2.23. The Morgan fingerprint density at radius 2 is 2.14 bits per heavy atom. The Morgan fingerprint density at radius 3 is 2.95 bits per heavy atom. The minimum absolute atomic E-state index is 0.286. The highest BCUT2D eigenvalue weighted by molar-refractivity contribution is 5.92. The van der Waals surface area contributed by atoms with Gasteiger partial charge in [0.1, 0.15) is 5.76 Å². The van der Waals surface area contributed by atoms with Crippen molar-refractivity contribution in [3.63, 3.8) is 0 Å². The van der Waals surface area contributed by atoms with Gasteiger partial charge in [0.2, 0.25) is 0 Å². The topological polar surface area (TPSA) is 75.4 Å². The fourth-order valence-electron chi connectivity index (χ4n) is 2.92. The van der Waals surface area contributed by atoms with Crippen molar-refractivity contribution in [2.75, 3.05) is 0 Å². The monoisotopic (exact) mass is 284 g/mol. The van der Waals surface area contributed by atoms with E-state index in [1.165, 1.54) is 0 Å². The third-order valence-electron chi connectivity index (χ3n) is 4.23. The normalized spacial score (nSPS) is 23.9. The summed E-state index contributed by atoms with van der Waals surface area (Å²) >= 11 is 0. The van der Waals surface area contributed by atoms with E-state index in [1.807, 2.05) is 24.3 Å². The molecular formula is C16H16N2O3. The number of hydrogen-bond acceptors (Lipinski definition) is 4. The van der Waals surface area contributed by atoms with Gasteiger partial charge in [-0.15, -0.1) is 0 Å². The molecule has 1 heterocycles. The van der Waals surface area contributed by atoms with Crippen LogP contribution in [0.3, 0.4) is 0 Å². The number of rotatable bonds is 3. The summed E-state index contributed by atoms with van der Waals surface area (Å²) in [5, 5.41) is 16.8. The summed E-state index contributed by atoms with van der Waals surface area (Å²) in [5.41, 5.74) is 2.34. The standard InChI is InChI=1S/C16H16N2O3/c19-13-7-10-3-1-2-4-11(10)15(13)17-16(20)12-8-14(21-18-12)9-5-6-9/h1-4,8-9,13,15,19H,5-7H2,(H,17,20)/t13-,15+/m1/s1. The number of carbonyl (C=O) groups excluding carboxylic acids is 1. The summed E-state index contributed by atoms with van der Waals surface area (Å²) < 4.78 is 5.20. The fraction of sp³-hybridized carbons (Fsp3) is 0.375. The van der Waals surface area contributed by atoms with Crippen LogP contribution in [-0.2, 0) is 6.42 Å². The van der Waals surface area contributed by atoms with Crippen LogP contribution in [0.2, 0.25) is 0 Å². The number of benzene rings is 1. The molecule has 1 fully saturated rings. The average Bonchev–Trinajstić information content (AvgIpc) is 3.13. The van der Waals surface area contributed by atoms with Crippen LogP contribution in [0, 0.1) is 0 Å². The van der Waals surface area contributed by atoms with E-state index in [4.69, 9.17) is 4.52 Å². The predicted molar refractivity (Wildman–Crippen MR) is 74.8 cm³/mol.